The van der Waals surface area contributed by atoms with Gasteiger partial charge in [-0.25, -0.2) is 4.79 Å². The van der Waals surface area contributed by atoms with E-state index in [9.17, 15) is 8.68 Å². The number of rotatable bonds is 5. The van der Waals surface area contributed by atoms with Crippen LogP contribution in [-0.4, -0.2) is 29.7 Å². The maximum absolute atomic E-state index is 13.4. The lowest BCUT2D eigenvalue weighted by atomic mass is 9.86. The molecule has 28 heavy (non-hydrogen) atoms. The van der Waals surface area contributed by atoms with Crippen molar-refractivity contribution in [3.63, 3.8) is 0 Å². The molecule has 0 unspecified atom stereocenters. The zero-order valence-corrected chi connectivity index (χ0v) is 18.9. The highest BCUT2D eigenvalue weighted by Crippen LogP contribution is 2.36. The molecule has 1 aliphatic heterocycles. The minimum absolute atomic E-state index is 0.223. The number of hydrogen-bond acceptors (Lipinski definition) is 3. The Labute approximate surface area is 174 Å². The largest absolute Gasteiger partial charge is 0.444 e. The minimum atomic E-state index is -0.464. The first kappa shape index (κ1) is 22.8. The van der Waals surface area contributed by atoms with Crippen LogP contribution in [0.3, 0.4) is 0 Å². The van der Waals surface area contributed by atoms with E-state index in [1.807, 2.05) is 32.6 Å². The van der Waals surface area contributed by atoms with Crippen LogP contribution in [-0.2, 0) is 4.74 Å². The van der Waals surface area contributed by atoms with Gasteiger partial charge in [0.2, 0.25) is 0 Å². The standard InChI is InChI=1S/C23H34FNO2S/c1-7-19(21(8-2)28-24)20-15-18(10-9-16(20)3)17-11-13-25(14-12-17)22(26)27-23(4,5)6/h9-10,15,17H,7-8,11-14H2,1-6H3/b21-19+. The molecule has 0 radical (unpaired) electrons. The predicted molar refractivity (Wildman–Crippen MR) is 117 cm³/mol. The van der Waals surface area contributed by atoms with Crippen LogP contribution in [0, 0.1) is 6.92 Å². The molecule has 1 aromatic carbocycles. The second kappa shape index (κ2) is 9.82. The van der Waals surface area contributed by atoms with E-state index in [1.165, 1.54) is 11.1 Å². The molecule has 0 spiro atoms. The van der Waals surface area contributed by atoms with Gasteiger partial charge in [0.05, 0.1) is 12.1 Å². The third-order valence-corrected chi connectivity index (χ3v) is 6.03. The van der Waals surface area contributed by atoms with Gasteiger partial charge in [-0.3, -0.25) is 0 Å². The van der Waals surface area contributed by atoms with Crippen molar-refractivity contribution in [3.05, 3.63) is 39.8 Å². The zero-order valence-electron chi connectivity index (χ0n) is 18.1. The van der Waals surface area contributed by atoms with Crippen LogP contribution in [0.15, 0.2) is 23.1 Å². The molecule has 2 rings (SSSR count). The molecule has 5 heteroatoms. The number of carbonyl (C=O) groups excluding carboxylic acids is 1. The Balaban J connectivity index is 2.16. The van der Waals surface area contributed by atoms with Gasteiger partial charge in [0, 0.05) is 18.0 Å². The monoisotopic (exact) mass is 407 g/mol. The molecule has 0 bridgehead atoms. The summed E-state index contributed by atoms with van der Waals surface area (Å²) in [4.78, 5) is 14.9. The fourth-order valence-corrected chi connectivity index (χ4v) is 4.25. The molecule has 0 aliphatic carbocycles. The Morgan fingerprint density at radius 3 is 2.36 bits per heavy atom. The quantitative estimate of drug-likeness (QED) is 0.514. The number of likely N-dealkylation sites (tertiary alicyclic amines) is 1. The summed E-state index contributed by atoms with van der Waals surface area (Å²) < 4.78 is 18.9. The number of hydrogen-bond donors (Lipinski definition) is 0. The lowest BCUT2D eigenvalue weighted by Crippen LogP contribution is -2.41. The van der Waals surface area contributed by atoms with E-state index >= 15 is 0 Å². The molecule has 1 amide bonds. The van der Waals surface area contributed by atoms with Crippen LogP contribution in [0.2, 0.25) is 0 Å². The SMILES string of the molecule is CC/C(SF)=C(/CC)c1cc(C2CCN(C(=O)OC(C)(C)C)CC2)ccc1C. The number of aryl methyl sites for hydroxylation is 1. The van der Waals surface area contributed by atoms with E-state index in [1.54, 1.807) is 0 Å². The maximum Gasteiger partial charge on any atom is 0.410 e. The Morgan fingerprint density at radius 2 is 1.86 bits per heavy atom. The molecule has 0 N–H and O–H groups in total. The van der Waals surface area contributed by atoms with E-state index in [2.05, 4.69) is 32.0 Å². The van der Waals surface area contributed by atoms with Crippen molar-refractivity contribution < 1.29 is 13.4 Å². The van der Waals surface area contributed by atoms with Gasteiger partial charge in [0.25, 0.3) is 0 Å². The Kier molecular flexibility index (Phi) is 7.99. The molecule has 0 aromatic heterocycles. The third kappa shape index (κ3) is 5.76. The summed E-state index contributed by atoms with van der Waals surface area (Å²) in [5.41, 5.74) is 4.28. The highest BCUT2D eigenvalue weighted by Gasteiger charge is 2.27. The molecule has 1 fully saturated rings. The van der Waals surface area contributed by atoms with Crippen LogP contribution in [0.1, 0.15) is 82.9 Å². The van der Waals surface area contributed by atoms with E-state index in [-0.39, 0.29) is 6.09 Å². The maximum atomic E-state index is 13.4. The van der Waals surface area contributed by atoms with Crippen LogP contribution in [0.4, 0.5) is 8.68 Å². The van der Waals surface area contributed by atoms with Gasteiger partial charge in [0.1, 0.15) is 5.60 Å². The fourth-order valence-electron chi connectivity index (χ4n) is 3.79. The lowest BCUT2D eigenvalue weighted by Gasteiger charge is -2.34. The highest BCUT2D eigenvalue weighted by atomic mass is 32.2. The lowest BCUT2D eigenvalue weighted by molar-refractivity contribution is 0.0205. The molecule has 3 nitrogen and oxygen atoms in total. The molecule has 1 aliphatic rings. The third-order valence-electron chi connectivity index (χ3n) is 5.31. The second-order valence-corrected chi connectivity index (χ2v) is 9.15. The Morgan fingerprint density at radius 1 is 1.21 bits per heavy atom. The van der Waals surface area contributed by atoms with Crippen LogP contribution < -0.4 is 0 Å². The van der Waals surface area contributed by atoms with Crippen molar-refractivity contribution in [2.24, 2.45) is 0 Å². The first-order valence-electron chi connectivity index (χ1n) is 10.3. The minimum Gasteiger partial charge on any atom is -0.444 e. The summed E-state index contributed by atoms with van der Waals surface area (Å²) in [6.45, 7) is 13.3. The number of carbonyl (C=O) groups is 1. The molecule has 0 saturated carbocycles. The molecule has 1 heterocycles. The van der Waals surface area contributed by atoms with Crippen molar-refractivity contribution >= 4 is 23.8 Å². The van der Waals surface area contributed by atoms with E-state index in [4.69, 9.17) is 4.74 Å². The van der Waals surface area contributed by atoms with E-state index in [0.717, 1.165) is 35.3 Å². The number of nitrogens with zero attached hydrogens (tertiary/aromatic N) is 1. The number of allylic oxidation sites excluding steroid dienone is 2. The normalized spacial score (nSPS) is 16.8. The van der Waals surface area contributed by atoms with Gasteiger partial charge in [-0.05, 0) is 81.6 Å². The van der Waals surface area contributed by atoms with E-state index in [0.29, 0.717) is 37.6 Å². The first-order valence-corrected chi connectivity index (χ1v) is 11.0. The van der Waals surface area contributed by atoms with Crippen LogP contribution >= 0.6 is 12.1 Å². The number of amides is 1. The van der Waals surface area contributed by atoms with Crippen molar-refractivity contribution in [1.82, 2.24) is 4.90 Å². The summed E-state index contributed by atoms with van der Waals surface area (Å²) in [6.07, 6.45) is 3.15. The molecular formula is C23H34FNO2S. The molecular weight excluding hydrogens is 373 g/mol. The van der Waals surface area contributed by atoms with Gasteiger partial charge >= 0.3 is 6.09 Å². The molecule has 0 atom stereocenters. The average Bonchev–Trinajstić information content (AvgIpc) is 2.65. The second-order valence-electron chi connectivity index (χ2n) is 8.50. The van der Waals surface area contributed by atoms with Crippen LogP contribution in [0.5, 0.6) is 0 Å². The summed E-state index contributed by atoms with van der Waals surface area (Å²) >= 11 is 0.377. The highest BCUT2D eigenvalue weighted by molar-refractivity contribution is 7.98. The van der Waals surface area contributed by atoms with E-state index < -0.39 is 5.60 Å². The predicted octanol–water partition coefficient (Wildman–Crippen LogP) is 7.26. The summed E-state index contributed by atoms with van der Waals surface area (Å²) in [6, 6.07) is 6.58. The van der Waals surface area contributed by atoms with Gasteiger partial charge < -0.3 is 9.64 Å². The summed E-state index contributed by atoms with van der Waals surface area (Å²) in [7, 11) is 0. The number of halogens is 1. The topological polar surface area (TPSA) is 29.5 Å². The molecule has 1 saturated heterocycles. The Bertz CT molecular complexity index is 710. The van der Waals surface area contributed by atoms with Crippen molar-refractivity contribution in [2.75, 3.05) is 13.1 Å². The van der Waals surface area contributed by atoms with Crippen LogP contribution in [0.25, 0.3) is 5.57 Å². The fraction of sp³-hybridized carbons (Fsp3) is 0.609. The number of ether oxygens (including phenoxy) is 1. The van der Waals surface area contributed by atoms with Crippen molar-refractivity contribution in [2.45, 2.75) is 78.7 Å². The van der Waals surface area contributed by atoms with Crippen molar-refractivity contribution in [1.29, 1.82) is 0 Å². The average molecular weight is 408 g/mol. The number of benzene rings is 1. The van der Waals surface area contributed by atoms with Crippen molar-refractivity contribution in [3.8, 4) is 0 Å². The summed E-state index contributed by atoms with van der Waals surface area (Å²) in [5.74, 6) is 0.416. The Hall–Kier alpha value is -1.49. The van der Waals surface area contributed by atoms with Gasteiger partial charge in [-0.15, -0.1) is 0 Å². The molecule has 1 aromatic rings. The van der Waals surface area contributed by atoms with Gasteiger partial charge in [-0.1, -0.05) is 32.0 Å². The first-order chi connectivity index (χ1) is 13.2. The van der Waals surface area contributed by atoms with Gasteiger partial charge in [0.15, 0.2) is 0 Å². The smallest absolute Gasteiger partial charge is 0.410 e. The van der Waals surface area contributed by atoms with Gasteiger partial charge in [-0.2, -0.15) is 3.89 Å². The molecule has 156 valence electrons. The number of piperidine rings is 1. The zero-order chi connectivity index (χ0) is 20.9. The summed E-state index contributed by atoms with van der Waals surface area (Å²) in [5, 5.41) is 0.